The van der Waals surface area contributed by atoms with E-state index >= 15 is 4.79 Å². The SMILES string of the molecule is CCCCCCCCN1/C(=C/C2=C(O)C(=C\C3=[N+](CCCCCCCC)c4ccc(-c5ccc(-c6ccc7c8nc9ccccc9nc8n(CCCCCCCC)c7c6)s5)cc4C3(C)C)/C2=O)C(C)(C)c2cc(-c3ccc(-c4ccc5c6nc7ccccc7nc6n(CCCCCCCC)c5c4)s3)ccc21. The first-order chi connectivity index (χ1) is 51.8. The van der Waals surface area contributed by atoms with E-state index in [1.165, 1.54) is 191 Å². The molecular weight excluding hydrogens is 1340 g/mol. The van der Waals surface area contributed by atoms with Gasteiger partial charge in [-0.3, -0.25) is 4.79 Å². The highest BCUT2D eigenvalue weighted by Gasteiger charge is 2.48. The van der Waals surface area contributed by atoms with Crippen molar-refractivity contribution in [3.05, 3.63) is 191 Å². The van der Waals surface area contributed by atoms with Gasteiger partial charge in [0.25, 0.3) is 0 Å². The second-order valence-corrected chi connectivity index (χ2v) is 33.7. The fraction of sp³-hybridized carbons (Fsp3) is 0.404. The number of unbranched alkanes of at least 4 members (excludes halogenated alkanes) is 20. The third kappa shape index (κ3) is 14.3. The number of hydrogen-bond acceptors (Lipinski definition) is 9. The van der Waals surface area contributed by atoms with E-state index in [0.717, 1.165) is 131 Å². The van der Waals surface area contributed by atoms with Gasteiger partial charge >= 0.3 is 0 Å². The number of aryl methyl sites for hydroxylation is 2. The van der Waals surface area contributed by atoms with Gasteiger partial charge < -0.3 is 19.1 Å². The van der Waals surface area contributed by atoms with Crippen molar-refractivity contribution in [2.45, 2.75) is 233 Å². The van der Waals surface area contributed by atoms with Crippen LogP contribution in [0.3, 0.4) is 0 Å². The molecule has 0 saturated heterocycles. The number of allylic oxidation sites excluding steroid dienone is 5. The molecule has 0 bridgehead atoms. The van der Waals surface area contributed by atoms with Crippen LogP contribution < -0.4 is 4.90 Å². The van der Waals surface area contributed by atoms with Crippen molar-refractivity contribution in [3.8, 4) is 41.8 Å². The molecule has 2 aliphatic heterocycles. The molecule has 1 aliphatic carbocycles. The van der Waals surface area contributed by atoms with Crippen LogP contribution in [0.4, 0.5) is 11.4 Å². The molecule has 10 nitrogen and oxygen atoms in total. The zero-order valence-electron chi connectivity index (χ0n) is 64.1. The molecule has 3 aliphatic rings. The molecule has 0 atom stereocenters. The number of para-hydroxylation sites is 4. The van der Waals surface area contributed by atoms with Crippen molar-refractivity contribution < 1.29 is 14.5 Å². The number of Topliss-reactive ketones (excluding diaryl/α,β-unsaturated/α-hetero) is 1. The summed E-state index contributed by atoms with van der Waals surface area (Å²) in [6, 6.07) is 53.5. The zero-order chi connectivity index (χ0) is 73.1. The first-order valence-electron chi connectivity index (χ1n) is 40.5. The molecule has 12 aromatic rings. The summed E-state index contributed by atoms with van der Waals surface area (Å²) in [7, 11) is 0. The summed E-state index contributed by atoms with van der Waals surface area (Å²) in [6.45, 7) is 21.8. The number of benzene rings is 6. The Morgan fingerprint density at radius 3 is 1.33 bits per heavy atom. The number of fused-ring (bicyclic) bond motifs is 10. The molecule has 0 amide bonds. The average Bonchev–Trinajstić information content (AvgIpc) is 1.57. The first-order valence-corrected chi connectivity index (χ1v) is 42.1. The molecule has 12 heteroatoms. The van der Waals surface area contributed by atoms with Gasteiger partial charge in [0.05, 0.1) is 49.7 Å². The summed E-state index contributed by atoms with van der Waals surface area (Å²) in [5.74, 6) is -0.0116. The quantitative estimate of drug-likeness (QED) is 0.0243. The van der Waals surface area contributed by atoms with Crippen LogP contribution in [0.15, 0.2) is 180 Å². The van der Waals surface area contributed by atoms with Gasteiger partial charge in [0.2, 0.25) is 11.5 Å². The standard InChI is InChI=1S/C94H106N8O2S2/c1-9-13-17-21-25-33-53-99-77-47-43-63(81-49-51-83(105-81)65-41-45-67-79(59-65)101(55-35-27-23-19-15-11-3)91-87(67)95-73-37-29-31-39-75(73)97-91)57-71(77)93(5,6)85(99)61-69-89(103)70(90(69)104)62-86-94(7,8)72-58-64(44-48-78(72)100(86)54-34-26-22-18-14-10-2)82-50-52-84(106-82)66-42-46-68-80(60-66)102(56-36-28-24-20-16-12-4)92-88(68)96-74-38-30-32-40-76(74)98-92/h29-32,37-52,57-62H,9-28,33-36,53-56H2,1-8H3/p+1. The van der Waals surface area contributed by atoms with Crippen molar-refractivity contribution in [2.75, 3.05) is 18.0 Å². The highest BCUT2D eigenvalue weighted by molar-refractivity contribution is 7.19. The van der Waals surface area contributed by atoms with Crippen LogP contribution in [-0.2, 0) is 28.7 Å². The van der Waals surface area contributed by atoms with Crippen LogP contribution in [0.25, 0.3) is 108 Å². The van der Waals surface area contributed by atoms with Gasteiger partial charge in [-0.1, -0.05) is 206 Å². The Balaban J connectivity index is 0.718. The van der Waals surface area contributed by atoms with Crippen LogP contribution >= 0.6 is 22.7 Å². The van der Waals surface area contributed by atoms with Gasteiger partial charge in [-0.05, 0) is 170 Å². The predicted molar refractivity (Wildman–Crippen MR) is 450 cm³/mol. The molecule has 0 spiro atoms. The number of rotatable bonds is 34. The Bertz CT molecular complexity index is 5390. The number of aliphatic hydroxyl groups excluding tert-OH is 1. The van der Waals surface area contributed by atoms with Gasteiger partial charge in [-0.15, -0.1) is 22.7 Å². The van der Waals surface area contributed by atoms with Crippen LogP contribution in [0.2, 0.25) is 0 Å². The van der Waals surface area contributed by atoms with Crippen molar-refractivity contribution in [1.29, 1.82) is 0 Å². The van der Waals surface area contributed by atoms with Gasteiger partial charge in [0.15, 0.2) is 17.0 Å². The van der Waals surface area contributed by atoms with E-state index in [1.54, 1.807) is 0 Å². The lowest BCUT2D eigenvalue weighted by atomic mass is 9.77. The molecule has 0 unspecified atom stereocenters. The lowest BCUT2D eigenvalue weighted by Crippen LogP contribution is -2.32. The second kappa shape index (κ2) is 31.9. The van der Waals surface area contributed by atoms with E-state index < -0.39 is 10.8 Å². The summed E-state index contributed by atoms with van der Waals surface area (Å²) < 4.78 is 7.33. The third-order valence-electron chi connectivity index (χ3n) is 23.3. The van der Waals surface area contributed by atoms with Crippen LogP contribution in [-0.4, -0.2) is 63.3 Å². The summed E-state index contributed by atoms with van der Waals surface area (Å²) >= 11 is 3.68. The maximum absolute atomic E-state index is 15.1. The molecule has 0 radical (unpaired) electrons. The van der Waals surface area contributed by atoms with Crippen LogP contribution in [0, 0.1) is 0 Å². The van der Waals surface area contributed by atoms with Crippen molar-refractivity contribution in [3.63, 3.8) is 0 Å². The number of hydrogen-bond donors (Lipinski definition) is 1. The number of thiophene rings is 2. The van der Waals surface area contributed by atoms with Crippen molar-refractivity contribution in [2.24, 2.45) is 0 Å². The molecule has 0 fully saturated rings. The summed E-state index contributed by atoms with van der Waals surface area (Å²) in [6.07, 6.45) is 33.1. The van der Waals surface area contributed by atoms with Gasteiger partial charge in [0.1, 0.15) is 23.3 Å². The number of ketones is 1. The molecular formula is C94H107N8O2S2+. The maximum atomic E-state index is 15.1. The highest BCUT2D eigenvalue weighted by atomic mass is 32.1. The summed E-state index contributed by atoms with van der Waals surface area (Å²) in [4.78, 5) is 43.4. The lowest BCUT2D eigenvalue weighted by molar-refractivity contribution is -0.438. The van der Waals surface area contributed by atoms with Crippen LogP contribution in [0.5, 0.6) is 0 Å². The fourth-order valence-corrected chi connectivity index (χ4v) is 19.2. The van der Waals surface area contributed by atoms with Gasteiger partial charge in [-0.25, -0.2) is 19.9 Å². The molecule has 1 N–H and O–H groups in total. The Morgan fingerprint density at radius 1 is 0.434 bits per heavy atom. The molecule has 546 valence electrons. The minimum absolute atomic E-state index is 0.0880. The second-order valence-electron chi connectivity index (χ2n) is 31.5. The van der Waals surface area contributed by atoms with Crippen LogP contribution in [0.1, 0.15) is 221 Å². The maximum Gasteiger partial charge on any atom is 0.209 e. The Labute approximate surface area is 635 Å². The zero-order valence-corrected chi connectivity index (χ0v) is 65.7. The minimum Gasteiger partial charge on any atom is -0.506 e. The van der Waals surface area contributed by atoms with E-state index in [4.69, 9.17) is 19.9 Å². The molecule has 6 aromatic heterocycles. The summed E-state index contributed by atoms with van der Waals surface area (Å²) in [5.41, 5.74) is 21.5. The normalized spacial score (nSPS) is 15.6. The fourth-order valence-electron chi connectivity index (χ4n) is 17.2. The Kier molecular flexibility index (Phi) is 21.9. The molecule has 15 rings (SSSR count). The number of aromatic nitrogens is 6. The smallest absolute Gasteiger partial charge is 0.209 e. The topological polar surface area (TPSA) is 105 Å². The highest BCUT2D eigenvalue weighted by Crippen LogP contribution is 2.52. The van der Waals surface area contributed by atoms with E-state index in [-0.39, 0.29) is 11.5 Å². The van der Waals surface area contributed by atoms with E-state index in [2.05, 4.69) is 207 Å². The number of carbonyl (C=O) groups is 1. The summed E-state index contributed by atoms with van der Waals surface area (Å²) in [5, 5.41) is 14.8. The predicted octanol–water partition coefficient (Wildman–Crippen LogP) is 26.4. The average molecular weight is 1450 g/mol. The molecule has 0 saturated carbocycles. The molecule has 8 heterocycles. The molecule has 106 heavy (non-hydrogen) atoms. The van der Waals surface area contributed by atoms with E-state index in [9.17, 15) is 5.11 Å². The van der Waals surface area contributed by atoms with E-state index in [1.807, 2.05) is 47.0 Å². The lowest BCUT2D eigenvalue weighted by Gasteiger charge is -2.29. The van der Waals surface area contributed by atoms with Gasteiger partial charge in [0, 0.05) is 90.8 Å². The number of nitrogens with zero attached hydrogens (tertiary/aromatic N) is 8. The Hall–Kier alpha value is -8.84. The van der Waals surface area contributed by atoms with Crippen molar-refractivity contribution in [1.82, 2.24) is 29.1 Å². The van der Waals surface area contributed by atoms with E-state index in [0.29, 0.717) is 11.1 Å². The van der Waals surface area contributed by atoms with Crippen molar-refractivity contribution >= 4 is 112 Å². The first kappa shape index (κ1) is 72.7. The Morgan fingerprint density at radius 2 is 0.849 bits per heavy atom. The number of aliphatic hydroxyl groups is 1. The monoisotopic (exact) mass is 1440 g/mol. The molecule has 6 aromatic carbocycles. The largest absolute Gasteiger partial charge is 0.506 e. The number of carbonyl (C=O) groups excluding carboxylic acids is 1. The number of anilines is 1. The van der Waals surface area contributed by atoms with Gasteiger partial charge in [-0.2, -0.15) is 4.58 Å². The minimum atomic E-state index is -0.464. The third-order valence-corrected chi connectivity index (χ3v) is 25.7.